The Kier molecular flexibility index (Phi) is 10.1. The molecule has 0 N–H and O–H groups in total. The number of unbranched alkanes of at least 4 members (excludes halogenated alkanes) is 2. The van der Waals surface area contributed by atoms with E-state index in [2.05, 4.69) is 5.92 Å². The standard InChI is InChI=1S/C25H30ClFO5S/c1-3-5-6-7-12-29-15-20-16-31-25(32-20)11-10-23(21(14-25)24(28)30-4-2)33-17-18-8-9-19(27)13-22(18)26/h1,8-9,13-14,20,23H,4-7,10-12,15-17H2,2H3/t20-,23?,25?/m1/s1. The number of hydrogen-bond donors (Lipinski definition) is 0. The Labute approximate surface area is 204 Å². The zero-order valence-electron chi connectivity index (χ0n) is 18.8. The van der Waals surface area contributed by atoms with Crippen molar-refractivity contribution in [3.63, 3.8) is 0 Å². The van der Waals surface area contributed by atoms with E-state index in [1.54, 1.807) is 30.8 Å². The lowest BCUT2D eigenvalue weighted by atomic mass is 9.94. The Morgan fingerprint density at radius 1 is 1.42 bits per heavy atom. The van der Waals surface area contributed by atoms with Crippen molar-refractivity contribution >= 4 is 29.3 Å². The number of thioether (sulfide) groups is 1. The first kappa shape index (κ1) is 26.1. The van der Waals surface area contributed by atoms with Crippen LogP contribution in [0.1, 0.15) is 44.6 Å². The maximum atomic E-state index is 13.3. The van der Waals surface area contributed by atoms with Crippen LogP contribution in [0.15, 0.2) is 29.8 Å². The lowest BCUT2D eigenvalue weighted by Gasteiger charge is -2.33. The Bertz CT molecular complexity index is 886. The Balaban J connectivity index is 1.61. The van der Waals surface area contributed by atoms with E-state index < -0.39 is 5.79 Å². The summed E-state index contributed by atoms with van der Waals surface area (Å²) in [7, 11) is 0. The summed E-state index contributed by atoms with van der Waals surface area (Å²) in [4.78, 5) is 12.7. The lowest BCUT2D eigenvalue weighted by Crippen LogP contribution is -2.37. The number of ether oxygens (including phenoxy) is 4. The van der Waals surface area contributed by atoms with Crippen molar-refractivity contribution in [1.82, 2.24) is 0 Å². The third-order valence-corrected chi connectivity index (χ3v) is 7.21. The highest BCUT2D eigenvalue weighted by Crippen LogP contribution is 2.41. The van der Waals surface area contributed by atoms with E-state index in [1.165, 1.54) is 12.1 Å². The molecule has 1 aromatic rings. The number of carbonyl (C=O) groups is 1. The second-order valence-corrected chi connectivity index (χ2v) is 9.59. The molecule has 33 heavy (non-hydrogen) atoms. The van der Waals surface area contributed by atoms with Gasteiger partial charge in [-0.15, -0.1) is 24.1 Å². The van der Waals surface area contributed by atoms with Crippen molar-refractivity contribution in [3.8, 4) is 12.3 Å². The number of hydrogen-bond acceptors (Lipinski definition) is 6. The van der Waals surface area contributed by atoms with Crippen LogP contribution in [0.25, 0.3) is 0 Å². The number of benzene rings is 1. The summed E-state index contributed by atoms with van der Waals surface area (Å²) in [6.45, 7) is 3.52. The Morgan fingerprint density at radius 3 is 3.03 bits per heavy atom. The van der Waals surface area contributed by atoms with E-state index in [9.17, 15) is 9.18 Å². The van der Waals surface area contributed by atoms with E-state index in [-0.39, 0.29) is 29.7 Å². The van der Waals surface area contributed by atoms with Gasteiger partial charge in [-0.05, 0) is 50.0 Å². The van der Waals surface area contributed by atoms with E-state index >= 15 is 0 Å². The van der Waals surface area contributed by atoms with Crippen LogP contribution in [0.3, 0.4) is 0 Å². The molecule has 2 aliphatic rings. The van der Waals surface area contributed by atoms with Gasteiger partial charge in [-0.1, -0.05) is 17.7 Å². The summed E-state index contributed by atoms with van der Waals surface area (Å²) < 4.78 is 36.5. The van der Waals surface area contributed by atoms with Crippen molar-refractivity contribution in [2.24, 2.45) is 0 Å². The second-order valence-electron chi connectivity index (χ2n) is 7.99. The summed E-state index contributed by atoms with van der Waals surface area (Å²) >= 11 is 7.74. The number of rotatable bonds is 11. The maximum Gasteiger partial charge on any atom is 0.335 e. The molecular formula is C25H30ClFO5S. The summed E-state index contributed by atoms with van der Waals surface area (Å²) in [5, 5.41) is 0.274. The molecule has 2 unspecified atom stereocenters. The first-order valence-electron chi connectivity index (χ1n) is 11.2. The molecule has 1 aliphatic carbocycles. The number of terminal acetylenes is 1. The summed E-state index contributed by atoms with van der Waals surface area (Å²) in [6.07, 6.45) is 10.7. The predicted octanol–water partition coefficient (Wildman–Crippen LogP) is 5.30. The fourth-order valence-electron chi connectivity index (χ4n) is 3.82. The molecule has 1 aromatic carbocycles. The minimum atomic E-state index is -0.940. The zero-order valence-corrected chi connectivity index (χ0v) is 20.4. The topological polar surface area (TPSA) is 54.0 Å². The quantitative estimate of drug-likeness (QED) is 0.235. The largest absolute Gasteiger partial charge is 0.463 e. The van der Waals surface area contributed by atoms with Gasteiger partial charge in [0.25, 0.3) is 0 Å². The molecule has 8 heteroatoms. The van der Waals surface area contributed by atoms with Gasteiger partial charge in [0, 0.05) is 35.5 Å². The Hall–Kier alpha value is -1.56. The van der Waals surface area contributed by atoms with Crippen LogP contribution in [-0.2, 0) is 29.5 Å². The molecule has 0 saturated carbocycles. The molecule has 0 aromatic heterocycles. The van der Waals surface area contributed by atoms with Gasteiger partial charge >= 0.3 is 5.97 Å². The summed E-state index contributed by atoms with van der Waals surface area (Å²) in [5.41, 5.74) is 1.35. The molecule has 0 radical (unpaired) electrons. The van der Waals surface area contributed by atoms with Gasteiger partial charge in [0.1, 0.15) is 11.9 Å². The number of carbonyl (C=O) groups excluding carboxylic acids is 1. The molecule has 180 valence electrons. The third-order valence-electron chi connectivity index (χ3n) is 5.49. The highest BCUT2D eigenvalue weighted by molar-refractivity contribution is 7.99. The van der Waals surface area contributed by atoms with E-state index in [1.807, 2.05) is 0 Å². The number of esters is 1. The van der Waals surface area contributed by atoms with Crippen LogP contribution < -0.4 is 0 Å². The third kappa shape index (κ3) is 7.46. The molecule has 1 saturated heterocycles. The van der Waals surface area contributed by atoms with Crippen molar-refractivity contribution in [1.29, 1.82) is 0 Å². The molecule has 5 nitrogen and oxygen atoms in total. The van der Waals surface area contributed by atoms with Crippen LogP contribution in [-0.4, -0.2) is 49.5 Å². The van der Waals surface area contributed by atoms with Gasteiger partial charge < -0.3 is 18.9 Å². The van der Waals surface area contributed by atoms with Crippen molar-refractivity contribution < 1.29 is 28.1 Å². The van der Waals surface area contributed by atoms with E-state index in [0.717, 1.165) is 24.8 Å². The van der Waals surface area contributed by atoms with E-state index in [0.29, 0.717) is 49.0 Å². The minimum Gasteiger partial charge on any atom is -0.463 e. The van der Waals surface area contributed by atoms with Crippen LogP contribution in [0.5, 0.6) is 0 Å². The molecule has 0 amide bonds. The molecule has 1 aliphatic heterocycles. The molecule has 3 rings (SSSR count). The second kappa shape index (κ2) is 12.8. The maximum absolute atomic E-state index is 13.3. The summed E-state index contributed by atoms with van der Waals surface area (Å²) in [6, 6.07) is 4.35. The predicted molar refractivity (Wildman–Crippen MR) is 128 cm³/mol. The average Bonchev–Trinajstić information content (AvgIpc) is 3.18. The van der Waals surface area contributed by atoms with Gasteiger partial charge in [0.15, 0.2) is 5.79 Å². The van der Waals surface area contributed by atoms with Crippen LogP contribution >= 0.6 is 23.4 Å². The lowest BCUT2D eigenvalue weighted by molar-refractivity contribution is -0.150. The highest BCUT2D eigenvalue weighted by Gasteiger charge is 2.45. The molecule has 1 heterocycles. The highest BCUT2D eigenvalue weighted by atomic mass is 35.5. The van der Waals surface area contributed by atoms with Crippen molar-refractivity contribution in [2.75, 3.05) is 26.4 Å². The molecular weight excluding hydrogens is 467 g/mol. The number of halogens is 2. The average molecular weight is 497 g/mol. The van der Waals surface area contributed by atoms with Crippen molar-refractivity contribution in [3.05, 3.63) is 46.3 Å². The van der Waals surface area contributed by atoms with Gasteiger partial charge in [-0.25, -0.2) is 9.18 Å². The first-order valence-corrected chi connectivity index (χ1v) is 12.7. The molecule has 1 spiro atoms. The van der Waals surface area contributed by atoms with Crippen molar-refractivity contribution in [2.45, 2.75) is 61.9 Å². The van der Waals surface area contributed by atoms with Crippen LogP contribution in [0.4, 0.5) is 4.39 Å². The van der Waals surface area contributed by atoms with Gasteiger partial charge in [-0.2, -0.15) is 0 Å². The molecule has 1 fully saturated rings. The molecule has 3 atom stereocenters. The normalized spacial score (nSPS) is 24.5. The zero-order chi connectivity index (χ0) is 23.7. The SMILES string of the molecule is C#CCCCCOC[C@@H]1COC2(C=C(C(=O)OCC)C(SCc3ccc(F)cc3Cl)CC2)O1. The minimum absolute atomic E-state index is 0.102. The Morgan fingerprint density at radius 2 is 2.27 bits per heavy atom. The van der Waals surface area contributed by atoms with E-state index in [4.69, 9.17) is 37.0 Å². The fraction of sp³-hybridized carbons (Fsp3) is 0.560. The van der Waals surface area contributed by atoms with Crippen LogP contribution in [0, 0.1) is 18.2 Å². The summed E-state index contributed by atoms with van der Waals surface area (Å²) in [5.74, 6) is 1.48. The monoisotopic (exact) mass is 496 g/mol. The smallest absolute Gasteiger partial charge is 0.335 e. The van der Waals surface area contributed by atoms with Crippen LogP contribution in [0.2, 0.25) is 5.02 Å². The van der Waals surface area contributed by atoms with Gasteiger partial charge in [0.2, 0.25) is 0 Å². The first-order chi connectivity index (χ1) is 16.0. The fourth-order valence-corrected chi connectivity index (χ4v) is 5.39. The molecule has 0 bridgehead atoms. The van der Waals surface area contributed by atoms with Gasteiger partial charge in [-0.3, -0.25) is 0 Å². The van der Waals surface area contributed by atoms with Gasteiger partial charge in [0.05, 0.1) is 25.4 Å².